The van der Waals surface area contributed by atoms with Crippen molar-refractivity contribution < 1.29 is 23.9 Å². The van der Waals surface area contributed by atoms with Gasteiger partial charge in [-0.05, 0) is 19.3 Å². The van der Waals surface area contributed by atoms with Crippen molar-refractivity contribution in [1.82, 2.24) is 5.43 Å². The third kappa shape index (κ3) is 9.59. The van der Waals surface area contributed by atoms with Gasteiger partial charge in [-0.25, -0.2) is 10.2 Å². The summed E-state index contributed by atoms with van der Waals surface area (Å²) in [5.41, 5.74) is 2.10. The number of carbonyl (C=O) groups is 3. The van der Waals surface area contributed by atoms with Gasteiger partial charge < -0.3 is 9.47 Å². The average molecular weight is 300 g/mol. The van der Waals surface area contributed by atoms with Crippen molar-refractivity contribution in [3.63, 3.8) is 0 Å². The third-order valence-corrected chi connectivity index (χ3v) is 2.13. The van der Waals surface area contributed by atoms with Crippen molar-refractivity contribution in [2.24, 2.45) is 10.5 Å². The molecule has 0 aliphatic carbocycles. The zero-order valence-electron chi connectivity index (χ0n) is 13.3. The van der Waals surface area contributed by atoms with Crippen LogP contribution < -0.4 is 5.43 Å². The van der Waals surface area contributed by atoms with Crippen LogP contribution in [0.2, 0.25) is 0 Å². The lowest BCUT2D eigenvalue weighted by molar-refractivity contribution is -0.146. The molecule has 0 saturated heterocycles. The van der Waals surface area contributed by atoms with Crippen LogP contribution in [0.4, 0.5) is 0 Å². The first kappa shape index (κ1) is 19.1. The molecule has 0 fully saturated rings. The summed E-state index contributed by atoms with van der Waals surface area (Å²) in [7, 11) is 0. The Hall–Kier alpha value is -1.92. The summed E-state index contributed by atoms with van der Waals surface area (Å²) in [6.45, 7) is 9.56. The number of nitrogens with one attached hydrogen (secondary N) is 1. The van der Waals surface area contributed by atoms with Gasteiger partial charge in [0.1, 0.15) is 12.1 Å². The van der Waals surface area contributed by atoms with Crippen LogP contribution in [-0.4, -0.2) is 36.8 Å². The van der Waals surface area contributed by atoms with Gasteiger partial charge in [0.25, 0.3) is 5.91 Å². The van der Waals surface area contributed by atoms with Gasteiger partial charge >= 0.3 is 11.9 Å². The van der Waals surface area contributed by atoms with Crippen LogP contribution in [0.1, 0.15) is 47.5 Å². The minimum absolute atomic E-state index is 0.113. The molecule has 120 valence electrons. The predicted molar refractivity (Wildman–Crippen MR) is 77.5 cm³/mol. The van der Waals surface area contributed by atoms with E-state index in [0.29, 0.717) is 6.42 Å². The van der Waals surface area contributed by atoms with Crippen molar-refractivity contribution >= 4 is 23.6 Å². The first-order valence-electron chi connectivity index (χ1n) is 6.87. The van der Waals surface area contributed by atoms with Crippen LogP contribution in [0.3, 0.4) is 0 Å². The fraction of sp³-hybridized carbons (Fsp3) is 0.714. The molecule has 0 aromatic heterocycles. The third-order valence-electron chi connectivity index (χ3n) is 2.13. The second-order valence-electron chi connectivity index (χ2n) is 5.53. The molecule has 0 spiro atoms. The van der Waals surface area contributed by atoms with Crippen molar-refractivity contribution in [2.45, 2.75) is 47.5 Å². The molecule has 1 N–H and O–H groups in total. The molecule has 0 aromatic carbocycles. The van der Waals surface area contributed by atoms with Crippen LogP contribution in [0.25, 0.3) is 0 Å². The predicted octanol–water partition coefficient (Wildman–Crippen LogP) is 1.41. The maximum absolute atomic E-state index is 11.8. The molecule has 0 heterocycles. The lowest BCUT2D eigenvalue weighted by atomic mass is 9.89. The molecule has 0 atom stereocenters. The molecule has 0 rings (SSSR count). The molecule has 7 nitrogen and oxygen atoms in total. The highest BCUT2D eigenvalue weighted by Gasteiger charge is 2.22. The van der Waals surface area contributed by atoms with Gasteiger partial charge in [0.15, 0.2) is 0 Å². The molecule has 0 unspecified atom stereocenters. The zero-order valence-corrected chi connectivity index (χ0v) is 13.3. The summed E-state index contributed by atoms with van der Waals surface area (Å²) in [6.07, 6.45) is -0.103. The monoisotopic (exact) mass is 300 g/mol. The number of nitrogens with zero attached hydrogens (tertiary/aromatic N) is 1. The summed E-state index contributed by atoms with van der Waals surface area (Å²) >= 11 is 0. The Morgan fingerprint density at radius 2 is 1.62 bits per heavy atom. The van der Waals surface area contributed by atoms with Crippen molar-refractivity contribution in [2.75, 3.05) is 13.2 Å². The molecule has 1 amide bonds. The molecular weight excluding hydrogens is 276 g/mol. The smallest absolute Gasteiger partial charge is 0.354 e. The molecule has 0 radical (unpaired) electrons. The zero-order chi connectivity index (χ0) is 16.5. The van der Waals surface area contributed by atoms with E-state index in [-0.39, 0.29) is 24.3 Å². The number of hydrogen-bond acceptors (Lipinski definition) is 6. The summed E-state index contributed by atoms with van der Waals surface area (Å²) < 4.78 is 9.54. The number of carbonyl (C=O) groups excluding carboxylic acids is 3. The Bertz CT molecular complexity index is 410. The van der Waals surface area contributed by atoms with E-state index in [1.54, 1.807) is 13.8 Å². The topological polar surface area (TPSA) is 94.1 Å². The molecule has 0 bridgehead atoms. The van der Waals surface area contributed by atoms with Crippen LogP contribution >= 0.6 is 0 Å². The Kier molecular flexibility index (Phi) is 8.26. The number of hydrogen-bond donors (Lipinski definition) is 1. The average Bonchev–Trinajstić information content (AvgIpc) is 2.33. The van der Waals surface area contributed by atoms with E-state index in [1.165, 1.54) is 0 Å². The second kappa shape index (κ2) is 9.10. The first-order valence-corrected chi connectivity index (χ1v) is 6.87. The van der Waals surface area contributed by atoms with Crippen LogP contribution in [0.15, 0.2) is 5.10 Å². The van der Waals surface area contributed by atoms with Gasteiger partial charge in [0.2, 0.25) is 0 Å². The van der Waals surface area contributed by atoms with E-state index in [0.717, 1.165) is 0 Å². The number of rotatable bonds is 7. The highest BCUT2D eigenvalue weighted by atomic mass is 16.5. The molecule has 0 aliphatic rings. The van der Waals surface area contributed by atoms with Gasteiger partial charge in [-0.15, -0.1) is 0 Å². The van der Waals surface area contributed by atoms with Crippen molar-refractivity contribution in [3.8, 4) is 0 Å². The number of esters is 2. The second-order valence-corrected chi connectivity index (χ2v) is 5.53. The fourth-order valence-electron chi connectivity index (χ4n) is 1.39. The van der Waals surface area contributed by atoms with Crippen LogP contribution in [0, 0.1) is 5.41 Å². The Morgan fingerprint density at radius 1 is 1.05 bits per heavy atom. The minimum atomic E-state index is -0.640. The molecule has 21 heavy (non-hydrogen) atoms. The lowest BCUT2D eigenvalue weighted by Crippen LogP contribution is -2.29. The standard InChI is InChI=1S/C14H24N2O5/c1-6-20-12(18)8-11(17)16-15-10(9-14(3,4)5)13(19)21-7-2/h6-9H2,1-5H3,(H,16,17). The SMILES string of the molecule is CCOC(=O)CC(=O)NN=C(CC(C)(C)C)C(=O)OCC. The number of ether oxygens (including phenoxy) is 2. The Morgan fingerprint density at radius 3 is 2.10 bits per heavy atom. The maximum atomic E-state index is 11.8. The van der Waals surface area contributed by atoms with Gasteiger partial charge in [-0.2, -0.15) is 5.10 Å². The molecule has 0 aromatic rings. The summed E-state index contributed by atoms with van der Waals surface area (Å²) in [4.78, 5) is 34.4. The van der Waals surface area contributed by atoms with Crippen molar-refractivity contribution in [3.05, 3.63) is 0 Å². The van der Waals surface area contributed by atoms with Gasteiger partial charge in [0.05, 0.1) is 13.2 Å². The van der Waals surface area contributed by atoms with E-state index >= 15 is 0 Å². The summed E-state index contributed by atoms with van der Waals surface area (Å²) in [5.74, 6) is -1.85. The molecule has 7 heteroatoms. The number of hydrazone groups is 1. The lowest BCUT2D eigenvalue weighted by Gasteiger charge is -2.18. The normalized spacial score (nSPS) is 11.8. The van der Waals surface area contributed by atoms with E-state index < -0.39 is 24.3 Å². The van der Waals surface area contributed by atoms with E-state index in [2.05, 4.69) is 15.3 Å². The van der Waals surface area contributed by atoms with Crippen LogP contribution in [0.5, 0.6) is 0 Å². The highest BCUT2D eigenvalue weighted by molar-refractivity contribution is 6.36. The summed E-state index contributed by atoms with van der Waals surface area (Å²) in [5, 5.41) is 3.78. The quantitative estimate of drug-likeness (QED) is 0.332. The van der Waals surface area contributed by atoms with Crippen molar-refractivity contribution in [1.29, 1.82) is 0 Å². The Labute approximate surface area is 125 Å². The maximum Gasteiger partial charge on any atom is 0.354 e. The van der Waals surface area contributed by atoms with E-state index in [9.17, 15) is 14.4 Å². The van der Waals surface area contributed by atoms with E-state index in [4.69, 9.17) is 4.74 Å². The molecule has 0 saturated carbocycles. The molecular formula is C14H24N2O5. The number of amides is 1. The fourth-order valence-corrected chi connectivity index (χ4v) is 1.39. The first-order chi connectivity index (χ1) is 9.69. The minimum Gasteiger partial charge on any atom is -0.466 e. The van der Waals surface area contributed by atoms with Crippen LogP contribution in [-0.2, 0) is 23.9 Å². The largest absolute Gasteiger partial charge is 0.466 e. The van der Waals surface area contributed by atoms with Gasteiger partial charge in [-0.3, -0.25) is 9.59 Å². The molecule has 0 aliphatic heterocycles. The van der Waals surface area contributed by atoms with Gasteiger partial charge in [0, 0.05) is 6.42 Å². The van der Waals surface area contributed by atoms with E-state index in [1.807, 2.05) is 20.8 Å². The Balaban J connectivity index is 4.72. The van der Waals surface area contributed by atoms with Gasteiger partial charge in [-0.1, -0.05) is 20.8 Å². The summed E-state index contributed by atoms with van der Waals surface area (Å²) in [6, 6.07) is 0. The highest BCUT2D eigenvalue weighted by Crippen LogP contribution is 2.19.